The van der Waals surface area contributed by atoms with Crippen molar-refractivity contribution in [2.24, 2.45) is 0 Å². The molecule has 0 aliphatic heterocycles. The molecule has 2 heterocycles. The summed E-state index contributed by atoms with van der Waals surface area (Å²) in [5.74, 6) is -0.453. The summed E-state index contributed by atoms with van der Waals surface area (Å²) in [7, 11) is -2.31. The maximum absolute atomic E-state index is 12.9. The molecule has 0 radical (unpaired) electrons. The molecule has 1 aromatic carbocycles. The van der Waals surface area contributed by atoms with Gasteiger partial charge in [0.1, 0.15) is 23.1 Å². The van der Waals surface area contributed by atoms with Gasteiger partial charge >= 0.3 is 6.18 Å². The normalized spacial score (nSPS) is 11.9. The Hall–Kier alpha value is -2.93. The number of nitrogens with zero attached hydrogens (tertiary/aromatic N) is 2. The van der Waals surface area contributed by atoms with Crippen molar-refractivity contribution in [3.05, 3.63) is 76.7 Å². The van der Waals surface area contributed by atoms with Crippen LogP contribution < -0.4 is 14.2 Å². The molecule has 1 N–H and O–H groups in total. The van der Waals surface area contributed by atoms with E-state index in [4.69, 9.17) is 25.8 Å². The standard InChI is InChI=1S/C23H23ClF3N3O5S/c1-33-10-11-34-19-6-5-16(15-36(31,32)30-9-7-18-4-2-3-8-28-18)21(13-19)35-22-20(24)12-17(14-29-22)23(25,26)27/h2-6,8,12-14,30H,7,9-11,15H2,1H3. The molecule has 0 fully saturated rings. The Morgan fingerprint density at radius 1 is 1.08 bits per heavy atom. The Labute approximate surface area is 211 Å². The highest BCUT2D eigenvalue weighted by molar-refractivity contribution is 7.88. The zero-order valence-corrected chi connectivity index (χ0v) is 20.7. The van der Waals surface area contributed by atoms with E-state index in [0.29, 0.717) is 31.0 Å². The summed E-state index contributed by atoms with van der Waals surface area (Å²) in [4.78, 5) is 7.80. The summed E-state index contributed by atoms with van der Waals surface area (Å²) >= 11 is 5.97. The summed E-state index contributed by atoms with van der Waals surface area (Å²) < 4.78 is 82.9. The lowest BCUT2D eigenvalue weighted by Gasteiger charge is -2.15. The smallest absolute Gasteiger partial charge is 0.417 e. The van der Waals surface area contributed by atoms with Crippen LogP contribution in [0.1, 0.15) is 16.8 Å². The van der Waals surface area contributed by atoms with Crippen molar-refractivity contribution in [1.82, 2.24) is 14.7 Å². The van der Waals surface area contributed by atoms with Crippen LogP contribution in [-0.4, -0.2) is 45.3 Å². The van der Waals surface area contributed by atoms with Crippen LogP contribution in [0.3, 0.4) is 0 Å². The number of nitrogens with one attached hydrogen (secondary N) is 1. The molecule has 0 saturated carbocycles. The second kappa shape index (κ2) is 12.3. The van der Waals surface area contributed by atoms with Crippen LogP contribution in [0.5, 0.6) is 17.4 Å². The lowest BCUT2D eigenvalue weighted by atomic mass is 10.2. The van der Waals surface area contributed by atoms with Gasteiger partial charge in [-0.2, -0.15) is 13.2 Å². The van der Waals surface area contributed by atoms with Crippen LogP contribution in [0.15, 0.2) is 54.9 Å². The summed E-state index contributed by atoms with van der Waals surface area (Å²) in [5.41, 5.74) is -0.0987. The fourth-order valence-electron chi connectivity index (χ4n) is 2.98. The molecule has 13 heteroatoms. The van der Waals surface area contributed by atoms with E-state index in [-0.39, 0.29) is 30.3 Å². The van der Waals surface area contributed by atoms with Crippen LogP contribution in [0.25, 0.3) is 0 Å². The molecule has 0 bridgehead atoms. The van der Waals surface area contributed by atoms with Crippen molar-refractivity contribution in [3.63, 3.8) is 0 Å². The van der Waals surface area contributed by atoms with E-state index in [0.717, 1.165) is 5.69 Å². The van der Waals surface area contributed by atoms with Gasteiger partial charge in [-0.1, -0.05) is 23.7 Å². The number of aromatic nitrogens is 2. The fraction of sp³-hybridized carbons (Fsp3) is 0.304. The van der Waals surface area contributed by atoms with E-state index in [9.17, 15) is 21.6 Å². The minimum atomic E-state index is -4.63. The van der Waals surface area contributed by atoms with Gasteiger partial charge in [0.25, 0.3) is 0 Å². The van der Waals surface area contributed by atoms with Crippen LogP contribution in [0, 0.1) is 0 Å². The van der Waals surface area contributed by atoms with Crippen molar-refractivity contribution in [2.75, 3.05) is 26.9 Å². The van der Waals surface area contributed by atoms with Crippen LogP contribution in [0.4, 0.5) is 13.2 Å². The Bertz CT molecular complexity index is 1260. The molecule has 0 aliphatic carbocycles. The van der Waals surface area contributed by atoms with Crippen molar-refractivity contribution >= 4 is 21.6 Å². The van der Waals surface area contributed by atoms with E-state index in [1.54, 1.807) is 30.5 Å². The van der Waals surface area contributed by atoms with Gasteiger partial charge in [0.2, 0.25) is 15.9 Å². The lowest BCUT2D eigenvalue weighted by molar-refractivity contribution is -0.137. The molecule has 0 spiro atoms. The summed E-state index contributed by atoms with van der Waals surface area (Å²) in [5, 5.41) is -0.391. The topological polar surface area (TPSA) is 99.6 Å². The van der Waals surface area contributed by atoms with Gasteiger partial charge in [0.15, 0.2) is 0 Å². The van der Waals surface area contributed by atoms with Gasteiger partial charge in [0.05, 0.1) is 17.9 Å². The third kappa shape index (κ3) is 8.33. The largest absolute Gasteiger partial charge is 0.491 e. The van der Waals surface area contributed by atoms with Gasteiger partial charge < -0.3 is 14.2 Å². The Morgan fingerprint density at radius 3 is 2.56 bits per heavy atom. The van der Waals surface area contributed by atoms with Gasteiger partial charge in [0, 0.05) is 49.8 Å². The van der Waals surface area contributed by atoms with E-state index < -0.39 is 32.5 Å². The first-order valence-electron chi connectivity index (χ1n) is 10.6. The molecule has 194 valence electrons. The van der Waals surface area contributed by atoms with Crippen molar-refractivity contribution in [3.8, 4) is 17.4 Å². The number of benzene rings is 1. The second-order valence-corrected chi connectivity index (χ2v) is 9.66. The van der Waals surface area contributed by atoms with Gasteiger partial charge in [-0.25, -0.2) is 18.1 Å². The minimum absolute atomic E-state index is 0.00850. The van der Waals surface area contributed by atoms with Crippen molar-refractivity contribution < 1.29 is 35.8 Å². The quantitative estimate of drug-likeness (QED) is 0.331. The molecule has 0 saturated heterocycles. The maximum atomic E-state index is 12.9. The average Bonchev–Trinajstić information content (AvgIpc) is 2.82. The number of methoxy groups -OCH3 is 1. The number of ether oxygens (including phenoxy) is 3. The van der Waals surface area contributed by atoms with Crippen LogP contribution in [0.2, 0.25) is 5.02 Å². The molecule has 3 aromatic rings. The first kappa shape index (κ1) is 27.7. The number of hydrogen-bond donors (Lipinski definition) is 1. The Balaban J connectivity index is 1.80. The molecular formula is C23H23ClF3N3O5S. The first-order chi connectivity index (χ1) is 17.1. The molecule has 36 heavy (non-hydrogen) atoms. The molecule has 0 aliphatic rings. The van der Waals surface area contributed by atoms with Gasteiger partial charge in [-0.05, 0) is 24.3 Å². The predicted molar refractivity (Wildman–Crippen MR) is 127 cm³/mol. The molecule has 0 atom stereocenters. The zero-order chi connectivity index (χ0) is 26.2. The van der Waals surface area contributed by atoms with Crippen LogP contribution in [-0.2, 0) is 33.1 Å². The summed E-state index contributed by atoms with van der Waals surface area (Å²) in [6, 6.07) is 10.5. The summed E-state index contributed by atoms with van der Waals surface area (Å²) in [6.45, 7) is 0.640. The fourth-order valence-corrected chi connectivity index (χ4v) is 4.35. The van der Waals surface area contributed by atoms with E-state index in [2.05, 4.69) is 14.7 Å². The number of alkyl halides is 3. The minimum Gasteiger partial charge on any atom is -0.491 e. The van der Waals surface area contributed by atoms with Gasteiger partial charge in [-0.15, -0.1) is 0 Å². The third-order valence-corrected chi connectivity index (χ3v) is 6.32. The lowest BCUT2D eigenvalue weighted by Crippen LogP contribution is -2.27. The van der Waals surface area contributed by atoms with E-state index in [1.807, 2.05) is 0 Å². The van der Waals surface area contributed by atoms with E-state index >= 15 is 0 Å². The molecule has 0 unspecified atom stereocenters. The monoisotopic (exact) mass is 545 g/mol. The molecule has 2 aromatic heterocycles. The Morgan fingerprint density at radius 2 is 1.89 bits per heavy atom. The van der Waals surface area contributed by atoms with Crippen molar-refractivity contribution in [1.29, 1.82) is 0 Å². The molecular weight excluding hydrogens is 523 g/mol. The number of halogens is 4. The Kier molecular flexibility index (Phi) is 9.49. The SMILES string of the molecule is COCCOc1ccc(CS(=O)(=O)NCCc2ccccn2)c(Oc2ncc(C(F)(F)F)cc2Cl)c1. The first-order valence-corrected chi connectivity index (χ1v) is 12.6. The highest BCUT2D eigenvalue weighted by Gasteiger charge is 2.32. The highest BCUT2D eigenvalue weighted by atomic mass is 35.5. The zero-order valence-electron chi connectivity index (χ0n) is 19.1. The molecule has 3 rings (SSSR count). The third-order valence-electron chi connectivity index (χ3n) is 4.71. The number of rotatable bonds is 12. The number of sulfonamides is 1. The van der Waals surface area contributed by atoms with Crippen LogP contribution >= 0.6 is 11.6 Å². The number of hydrogen-bond acceptors (Lipinski definition) is 7. The van der Waals surface area contributed by atoms with Crippen molar-refractivity contribution in [2.45, 2.75) is 18.3 Å². The summed E-state index contributed by atoms with van der Waals surface area (Å²) in [6.07, 6.45) is -2.05. The van der Waals surface area contributed by atoms with Gasteiger partial charge in [-0.3, -0.25) is 4.98 Å². The predicted octanol–water partition coefficient (Wildman–Crippen LogP) is 4.63. The maximum Gasteiger partial charge on any atom is 0.417 e. The molecule has 8 nitrogen and oxygen atoms in total. The highest BCUT2D eigenvalue weighted by Crippen LogP contribution is 2.36. The average molecular weight is 546 g/mol. The number of pyridine rings is 2. The van der Waals surface area contributed by atoms with E-state index in [1.165, 1.54) is 19.2 Å². The molecule has 0 amide bonds. The second-order valence-electron chi connectivity index (χ2n) is 7.45.